The summed E-state index contributed by atoms with van der Waals surface area (Å²) >= 11 is 3.27. The second-order valence-electron chi connectivity index (χ2n) is 4.85. The summed E-state index contributed by atoms with van der Waals surface area (Å²) in [5, 5.41) is 3.32. The Kier molecular flexibility index (Phi) is 4.15. The molecule has 2 atom stereocenters. The van der Waals surface area contributed by atoms with Crippen LogP contribution in [0.4, 0.5) is 4.39 Å². The van der Waals surface area contributed by atoms with Crippen molar-refractivity contribution in [3.8, 4) is 0 Å². The molecule has 20 heavy (non-hydrogen) atoms. The van der Waals surface area contributed by atoms with Crippen LogP contribution in [0.25, 0.3) is 0 Å². The van der Waals surface area contributed by atoms with Crippen LogP contribution in [0.2, 0.25) is 0 Å². The fourth-order valence-electron chi connectivity index (χ4n) is 2.45. The second-order valence-corrected chi connectivity index (χ2v) is 5.76. The minimum Gasteiger partial charge on any atom is -0.363 e. The molecule has 1 saturated heterocycles. The van der Waals surface area contributed by atoms with Crippen molar-refractivity contribution < 1.29 is 9.13 Å². The lowest BCUT2D eigenvalue weighted by molar-refractivity contribution is -0.0421. The first-order valence-corrected chi connectivity index (χ1v) is 7.39. The molecule has 104 valence electrons. The monoisotopic (exact) mass is 335 g/mol. The molecule has 1 fully saturated rings. The zero-order valence-electron chi connectivity index (χ0n) is 10.9. The summed E-state index contributed by atoms with van der Waals surface area (Å²) in [7, 11) is 0. The van der Waals surface area contributed by atoms with E-state index in [9.17, 15) is 4.39 Å². The third-order valence-electron chi connectivity index (χ3n) is 3.47. The Morgan fingerprint density at radius 2 is 1.80 bits per heavy atom. The molecule has 0 saturated carbocycles. The Morgan fingerprint density at radius 1 is 1.05 bits per heavy atom. The van der Waals surface area contributed by atoms with Crippen molar-refractivity contribution >= 4 is 15.9 Å². The number of halogens is 2. The van der Waals surface area contributed by atoms with Gasteiger partial charge in [0.05, 0.1) is 12.2 Å². The average molecular weight is 336 g/mol. The highest BCUT2D eigenvalue weighted by molar-refractivity contribution is 9.10. The van der Waals surface area contributed by atoms with Gasteiger partial charge in [0.1, 0.15) is 5.82 Å². The minimum atomic E-state index is -0.262. The molecule has 0 aromatic heterocycles. The van der Waals surface area contributed by atoms with E-state index in [0.717, 1.165) is 16.6 Å². The summed E-state index contributed by atoms with van der Waals surface area (Å²) in [6, 6.07) is 15.1. The molecule has 1 heterocycles. The first-order valence-electron chi connectivity index (χ1n) is 6.60. The highest BCUT2D eigenvalue weighted by Crippen LogP contribution is 2.31. The summed E-state index contributed by atoms with van der Waals surface area (Å²) in [5.41, 5.74) is 1.71. The van der Waals surface area contributed by atoms with Gasteiger partial charge in [-0.2, -0.15) is 0 Å². The second kappa shape index (κ2) is 6.04. The number of ether oxygens (including phenoxy) is 1. The number of nitrogens with one attached hydrogen (secondary N) is 1. The molecular weight excluding hydrogens is 321 g/mol. The van der Waals surface area contributed by atoms with Crippen LogP contribution < -0.4 is 5.32 Å². The number of rotatable bonds is 2. The molecule has 4 heteroatoms. The van der Waals surface area contributed by atoms with E-state index >= 15 is 0 Å². The van der Waals surface area contributed by atoms with Gasteiger partial charge < -0.3 is 10.1 Å². The van der Waals surface area contributed by atoms with Crippen LogP contribution in [0.5, 0.6) is 0 Å². The largest absolute Gasteiger partial charge is 0.363 e. The van der Waals surface area contributed by atoms with Crippen molar-refractivity contribution in [3.63, 3.8) is 0 Å². The Labute approximate surface area is 126 Å². The minimum absolute atomic E-state index is 0.0435. The quantitative estimate of drug-likeness (QED) is 0.895. The van der Waals surface area contributed by atoms with Crippen LogP contribution in [0, 0.1) is 5.82 Å². The highest BCUT2D eigenvalue weighted by atomic mass is 79.9. The van der Waals surface area contributed by atoms with Crippen LogP contribution in [0.1, 0.15) is 23.3 Å². The number of benzene rings is 2. The zero-order valence-corrected chi connectivity index (χ0v) is 12.4. The molecule has 0 spiro atoms. The molecule has 1 aliphatic heterocycles. The third kappa shape index (κ3) is 2.92. The standard InChI is InChI=1S/C16H15BrFNO/c17-12-6-7-13(14(18)8-12)16-10-19-9-15(20-16)11-4-2-1-3-5-11/h1-8,15-16,19H,9-10H2. The lowest BCUT2D eigenvalue weighted by atomic mass is 10.0. The van der Waals surface area contributed by atoms with E-state index in [1.54, 1.807) is 6.07 Å². The third-order valence-corrected chi connectivity index (χ3v) is 3.96. The van der Waals surface area contributed by atoms with Crippen LogP contribution in [-0.2, 0) is 4.74 Å². The summed E-state index contributed by atoms with van der Waals surface area (Å²) < 4.78 is 20.8. The summed E-state index contributed by atoms with van der Waals surface area (Å²) in [5.74, 6) is -0.236. The fourth-order valence-corrected chi connectivity index (χ4v) is 2.78. The molecule has 0 radical (unpaired) electrons. The maximum absolute atomic E-state index is 14.0. The first kappa shape index (κ1) is 13.7. The van der Waals surface area contributed by atoms with Gasteiger partial charge in [0.15, 0.2) is 0 Å². The molecule has 2 aromatic carbocycles. The Bertz CT molecular complexity index is 590. The van der Waals surface area contributed by atoms with E-state index < -0.39 is 0 Å². The van der Waals surface area contributed by atoms with Crippen LogP contribution >= 0.6 is 15.9 Å². The van der Waals surface area contributed by atoms with Gasteiger partial charge in [-0.05, 0) is 17.7 Å². The molecule has 0 bridgehead atoms. The smallest absolute Gasteiger partial charge is 0.130 e. The molecule has 0 amide bonds. The molecule has 1 N–H and O–H groups in total. The van der Waals surface area contributed by atoms with Crippen LogP contribution in [0.15, 0.2) is 53.0 Å². The van der Waals surface area contributed by atoms with Gasteiger partial charge in [-0.15, -0.1) is 0 Å². The van der Waals surface area contributed by atoms with Crippen molar-refractivity contribution in [2.24, 2.45) is 0 Å². The molecule has 0 aliphatic carbocycles. The van der Waals surface area contributed by atoms with Crippen molar-refractivity contribution in [1.82, 2.24) is 5.32 Å². The average Bonchev–Trinajstić information content (AvgIpc) is 2.48. The molecular formula is C16H15BrFNO. The van der Waals surface area contributed by atoms with Gasteiger partial charge in [0.25, 0.3) is 0 Å². The van der Waals surface area contributed by atoms with Gasteiger partial charge >= 0.3 is 0 Å². The van der Waals surface area contributed by atoms with Gasteiger partial charge in [0.2, 0.25) is 0 Å². The maximum Gasteiger partial charge on any atom is 0.130 e. The molecule has 3 rings (SSSR count). The molecule has 1 aliphatic rings. The number of hydrogen-bond donors (Lipinski definition) is 1. The van der Waals surface area contributed by atoms with Gasteiger partial charge in [0, 0.05) is 23.1 Å². The topological polar surface area (TPSA) is 21.3 Å². The van der Waals surface area contributed by atoms with Crippen molar-refractivity contribution in [2.45, 2.75) is 12.2 Å². The lowest BCUT2D eigenvalue weighted by Crippen LogP contribution is -2.36. The predicted molar refractivity (Wildman–Crippen MR) is 80.0 cm³/mol. The molecule has 2 nitrogen and oxygen atoms in total. The summed E-state index contributed by atoms with van der Waals surface area (Å²) in [6.45, 7) is 1.38. The van der Waals surface area contributed by atoms with E-state index in [2.05, 4.69) is 21.2 Å². The van der Waals surface area contributed by atoms with Gasteiger partial charge in [-0.3, -0.25) is 0 Å². The molecule has 2 unspecified atom stereocenters. The predicted octanol–water partition coefficient (Wildman–Crippen LogP) is 3.99. The Balaban J connectivity index is 1.81. The van der Waals surface area contributed by atoms with E-state index in [0.29, 0.717) is 12.1 Å². The molecule has 2 aromatic rings. The first-order chi connectivity index (χ1) is 9.74. The Hall–Kier alpha value is -1.23. The van der Waals surface area contributed by atoms with E-state index in [1.807, 2.05) is 36.4 Å². The van der Waals surface area contributed by atoms with Crippen molar-refractivity contribution in [2.75, 3.05) is 13.1 Å². The SMILES string of the molecule is Fc1cc(Br)ccc1C1CNCC(c2ccccc2)O1. The van der Waals surface area contributed by atoms with Crippen LogP contribution in [-0.4, -0.2) is 13.1 Å². The zero-order chi connectivity index (χ0) is 13.9. The van der Waals surface area contributed by atoms with E-state index in [-0.39, 0.29) is 18.0 Å². The van der Waals surface area contributed by atoms with E-state index in [1.165, 1.54) is 6.07 Å². The number of hydrogen-bond acceptors (Lipinski definition) is 2. The number of morpholine rings is 1. The summed E-state index contributed by atoms with van der Waals surface area (Å²) in [4.78, 5) is 0. The van der Waals surface area contributed by atoms with Gasteiger partial charge in [-0.25, -0.2) is 4.39 Å². The van der Waals surface area contributed by atoms with Crippen molar-refractivity contribution in [1.29, 1.82) is 0 Å². The lowest BCUT2D eigenvalue weighted by Gasteiger charge is -2.31. The maximum atomic E-state index is 14.0. The summed E-state index contributed by atoms with van der Waals surface area (Å²) in [6.07, 6.45) is -0.306. The van der Waals surface area contributed by atoms with Crippen LogP contribution in [0.3, 0.4) is 0 Å². The van der Waals surface area contributed by atoms with Gasteiger partial charge in [-0.1, -0.05) is 52.3 Å². The van der Waals surface area contributed by atoms with Crippen molar-refractivity contribution in [3.05, 3.63) is 69.9 Å². The fraction of sp³-hybridized carbons (Fsp3) is 0.250. The van der Waals surface area contributed by atoms with E-state index in [4.69, 9.17) is 4.74 Å². The normalized spacial score (nSPS) is 22.7. The highest BCUT2D eigenvalue weighted by Gasteiger charge is 2.26. The Morgan fingerprint density at radius 3 is 2.55 bits per heavy atom.